The van der Waals surface area contributed by atoms with Crippen LogP contribution in [0.3, 0.4) is 0 Å². The zero-order chi connectivity index (χ0) is 23.3. The van der Waals surface area contributed by atoms with Gasteiger partial charge >= 0.3 is 6.03 Å². The minimum Gasteiger partial charge on any atom is -0.497 e. The number of benzene rings is 1. The number of methoxy groups -OCH3 is 1. The highest BCUT2D eigenvalue weighted by Crippen LogP contribution is 2.39. The monoisotopic (exact) mass is 459 g/mol. The second kappa shape index (κ2) is 10.4. The van der Waals surface area contributed by atoms with Crippen molar-refractivity contribution in [2.45, 2.75) is 70.1 Å². The lowest BCUT2D eigenvalue weighted by atomic mass is 9.85. The number of ether oxygens (including phenoxy) is 1. The summed E-state index contributed by atoms with van der Waals surface area (Å²) in [5.74, 6) is 1.78. The Kier molecular flexibility index (Phi) is 7.82. The van der Waals surface area contributed by atoms with Crippen LogP contribution in [0.1, 0.15) is 59.4 Å². The molecule has 8 nitrogen and oxygen atoms in total. The van der Waals surface area contributed by atoms with Gasteiger partial charge in [0, 0.05) is 17.1 Å². The molecular weight excluding hydrogens is 426 g/mol. The highest BCUT2D eigenvalue weighted by Gasteiger charge is 2.29. The van der Waals surface area contributed by atoms with E-state index < -0.39 is 11.6 Å². The molecule has 1 aliphatic carbocycles. The molecule has 9 heteroatoms. The van der Waals surface area contributed by atoms with Gasteiger partial charge in [-0.1, -0.05) is 31.5 Å². The van der Waals surface area contributed by atoms with Crippen LogP contribution >= 0.6 is 11.8 Å². The van der Waals surface area contributed by atoms with Gasteiger partial charge < -0.3 is 10.1 Å². The SMILES string of the molecule is COc1ccc(-c2nnc(SCC(=O)NC(=O)NC(C)(C)C)n2[C@H]2CCCC[C@@H]2C)cc1. The summed E-state index contributed by atoms with van der Waals surface area (Å²) in [7, 11) is 1.64. The van der Waals surface area contributed by atoms with Crippen LogP contribution in [0.2, 0.25) is 0 Å². The lowest BCUT2D eigenvalue weighted by molar-refractivity contribution is -0.117. The average molecular weight is 460 g/mol. The standard InChI is InChI=1S/C23H33N5O3S/c1-15-8-6-7-9-18(15)28-20(16-10-12-17(31-5)13-11-16)26-27-22(28)32-14-19(29)24-21(30)25-23(2,3)4/h10-13,15,18H,6-9,14H2,1-5H3,(H2,24,25,29,30)/t15-,18-/m0/s1. The van der Waals surface area contributed by atoms with E-state index >= 15 is 0 Å². The molecule has 174 valence electrons. The van der Waals surface area contributed by atoms with Crippen molar-refractivity contribution >= 4 is 23.7 Å². The molecule has 1 heterocycles. The maximum Gasteiger partial charge on any atom is 0.321 e. The fraction of sp³-hybridized carbons (Fsp3) is 0.565. The van der Waals surface area contributed by atoms with Gasteiger partial charge in [0.25, 0.3) is 0 Å². The van der Waals surface area contributed by atoms with E-state index in [1.54, 1.807) is 7.11 Å². The molecule has 0 radical (unpaired) electrons. The summed E-state index contributed by atoms with van der Waals surface area (Å²) < 4.78 is 7.46. The van der Waals surface area contributed by atoms with E-state index in [-0.39, 0.29) is 17.7 Å². The molecule has 2 N–H and O–H groups in total. The maximum absolute atomic E-state index is 12.3. The van der Waals surface area contributed by atoms with Gasteiger partial charge in [0.2, 0.25) is 5.91 Å². The van der Waals surface area contributed by atoms with Crippen LogP contribution in [-0.4, -0.2) is 45.1 Å². The normalized spacial score (nSPS) is 18.8. The average Bonchev–Trinajstić information content (AvgIpc) is 3.15. The summed E-state index contributed by atoms with van der Waals surface area (Å²) in [6, 6.07) is 7.55. The predicted octanol–water partition coefficient (Wildman–Crippen LogP) is 4.42. The molecular formula is C23H33N5O3S. The van der Waals surface area contributed by atoms with E-state index in [1.165, 1.54) is 18.2 Å². The number of thioether (sulfide) groups is 1. The topological polar surface area (TPSA) is 98.1 Å². The highest BCUT2D eigenvalue weighted by atomic mass is 32.2. The number of carbonyl (C=O) groups excluding carboxylic acids is 2. The number of hydrogen-bond donors (Lipinski definition) is 2. The first-order chi connectivity index (χ1) is 15.2. The molecule has 1 aromatic carbocycles. The van der Waals surface area contributed by atoms with E-state index in [2.05, 4.69) is 32.3 Å². The lowest BCUT2D eigenvalue weighted by Gasteiger charge is -2.31. The molecule has 1 saturated carbocycles. The van der Waals surface area contributed by atoms with Gasteiger partial charge in [-0.25, -0.2) is 4.79 Å². The van der Waals surface area contributed by atoms with E-state index in [4.69, 9.17) is 4.74 Å². The van der Waals surface area contributed by atoms with Gasteiger partial charge in [-0.15, -0.1) is 10.2 Å². The Morgan fingerprint density at radius 1 is 1.16 bits per heavy atom. The largest absolute Gasteiger partial charge is 0.497 e. The number of amides is 3. The molecule has 0 bridgehead atoms. The number of urea groups is 1. The minimum atomic E-state index is -0.496. The summed E-state index contributed by atoms with van der Waals surface area (Å²) in [6.07, 6.45) is 4.59. The van der Waals surface area contributed by atoms with Crippen molar-refractivity contribution < 1.29 is 14.3 Å². The van der Waals surface area contributed by atoms with E-state index in [1.807, 2.05) is 45.0 Å². The molecule has 3 rings (SSSR count). The third-order valence-electron chi connectivity index (χ3n) is 5.48. The van der Waals surface area contributed by atoms with Crippen molar-refractivity contribution in [2.24, 2.45) is 5.92 Å². The number of aromatic nitrogens is 3. The van der Waals surface area contributed by atoms with Crippen molar-refractivity contribution in [2.75, 3.05) is 12.9 Å². The van der Waals surface area contributed by atoms with Gasteiger partial charge in [-0.3, -0.25) is 14.7 Å². The van der Waals surface area contributed by atoms with Crippen LogP contribution in [0.15, 0.2) is 29.4 Å². The zero-order valence-electron chi connectivity index (χ0n) is 19.5. The molecule has 2 aromatic rings. The first-order valence-electron chi connectivity index (χ1n) is 11.0. The van der Waals surface area contributed by atoms with E-state index in [9.17, 15) is 9.59 Å². The third kappa shape index (κ3) is 6.25. The first kappa shape index (κ1) is 24.1. The molecule has 0 spiro atoms. The third-order valence-corrected chi connectivity index (χ3v) is 6.43. The fourth-order valence-corrected chi connectivity index (χ4v) is 4.75. The van der Waals surface area contributed by atoms with Crippen LogP contribution in [0.5, 0.6) is 5.75 Å². The van der Waals surface area contributed by atoms with Crippen molar-refractivity contribution in [3.63, 3.8) is 0 Å². The van der Waals surface area contributed by atoms with Crippen molar-refractivity contribution in [1.29, 1.82) is 0 Å². The molecule has 2 atom stereocenters. The number of nitrogens with one attached hydrogen (secondary N) is 2. The summed E-state index contributed by atoms with van der Waals surface area (Å²) in [5, 5.41) is 14.7. The second-order valence-corrected chi connectivity index (χ2v) is 10.2. The number of rotatable bonds is 6. The Morgan fingerprint density at radius 3 is 2.47 bits per heavy atom. The predicted molar refractivity (Wildman–Crippen MR) is 126 cm³/mol. The van der Waals surface area contributed by atoms with Crippen molar-refractivity contribution in [3.05, 3.63) is 24.3 Å². The molecule has 1 aliphatic rings. The maximum atomic E-state index is 12.3. The number of imide groups is 1. The van der Waals surface area contributed by atoms with Crippen LogP contribution in [-0.2, 0) is 4.79 Å². The van der Waals surface area contributed by atoms with Crippen LogP contribution in [0, 0.1) is 5.92 Å². The van der Waals surface area contributed by atoms with Gasteiger partial charge in [0.15, 0.2) is 11.0 Å². The second-order valence-electron chi connectivity index (χ2n) is 9.27. The molecule has 0 saturated heterocycles. The van der Waals surface area contributed by atoms with E-state index in [0.717, 1.165) is 36.4 Å². The molecule has 1 aromatic heterocycles. The Hall–Kier alpha value is -2.55. The number of nitrogens with zero attached hydrogens (tertiary/aromatic N) is 3. The molecule has 0 unspecified atom stereocenters. The zero-order valence-corrected chi connectivity index (χ0v) is 20.3. The molecule has 0 aliphatic heterocycles. The van der Waals surface area contributed by atoms with Crippen LogP contribution < -0.4 is 15.4 Å². The molecule has 32 heavy (non-hydrogen) atoms. The van der Waals surface area contributed by atoms with Gasteiger partial charge in [-0.2, -0.15) is 0 Å². The van der Waals surface area contributed by atoms with Gasteiger partial charge in [-0.05, 0) is 63.8 Å². The number of hydrogen-bond acceptors (Lipinski definition) is 6. The Balaban J connectivity index is 1.80. The summed E-state index contributed by atoms with van der Waals surface area (Å²) >= 11 is 1.31. The Morgan fingerprint density at radius 2 is 1.84 bits per heavy atom. The van der Waals surface area contributed by atoms with Crippen molar-refractivity contribution in [3.8, 4) is 17.1 Å². The van der Waals surface area contributed by atoms with Gasteiger partial charge in [0.1, 0.15) is 5.75 Å². The lowest BCUT2D eigenvalue weighted by Crippen LogP contribution is -2.48. The Labute approximate surface area is 193 Å². The molecule has 3 amide bonds. The number of carbonyl (C=O) groups is 2. The summed E-state index contributed by atoms with van der Waals surface area (Å²) in [5.41, 5.74) is 0.541. The highest BCUT2D eigenvalue weighted by molar-refractivity contribution is 7.99. The van der Waals surface area contributed by atoms with Crippen LogP contribution in [0.25, 0.3) is 11.4 Å². The fourth-order valence-electron chi connectivity index (χ4n) is 3.96. The molecule has 1 fully saturated rings. The first-order valence-corrected chi connectivity index (χ1v) is 12.0. The minimum absolute atomic E-state index is 0.0827. The van der Waals surface area contributed by atoms with Crippen LogP contribution in [0.4, 0.5) is 4.79 Å². The Bertz CT molecular complexity index is 936. The van der Waals surface area contributed by atoms with E-state index in [0.29, 0.717) is 11.1 Å². The smallest absolute Gasteiger partial charge is 0.321 e. The van der Waals surface area contributed by atoms with Gasteiger partial charge in [0.05, 0.1) is 12.9 Å². The summed E-state index contributed by atoms with van der Waals surface area (Å²) in [6.45, 7) is 7.85. The summed E-state index contributed by atoms with van der Waals surface area (Å²) in [4.78, 5) is 24.3. The quantitative estimate of drug-likeness (QED) is 0.621. The van der Waals surface area contributed by atoms with Crippen molar-refractivity contribution in [1.82, 2.24) is 25.4 Å².